The third kappa shape index (κ3) is 2.85. The lowest BCUT2D eigenvalue weighted by molar-refractivity contribution is 0.718. The zero-order valence-electron chi connectivity index (χ0n) is 11.3. The van der Waals surface area contributed by atoms with Crippen LogP contribution in [0.5, 0.6) is 0 Å². The van der Waals surface area contributed by atoms with E-state index in [9.17, 15) is 0 Å². The summed E-state index contributed by atoms with van der Waals surface area (Å²) in [5.74, 6) is 0. The van der Waals surface area contributed by atoms with Gasteiger partial charge in [0.2, 0.25) is 0 Å². The quantitative estimate of drug-likeness (QED) is 0.851. The van der Waals surface area contributed by atoms with E-state index in [-0.39, 0.29) is 0 Å². The van der Waals surface area contributed by atoms with Crippen molar-refractivity contribution >= 4 is 11.3 Å². The summed E-state index contributed by atoms with van der Waals surface area (Å²) in [5, 5.41) is 14.0. The number of hydrogen-bond donors (Lipinski definition) is 1. The lowest BCUT2D eigenvalue weighted by Gasteiger charge is -2.01. The molecule has 0 atom stereocenters. The molecular formula is C15H19N3S. The van der Waals surface area contributed by atoms with Crippen molar-refractivity contribution in [2.24, 2.45) is 0 Å². The molecule has 4 heteroatoms. The first-order chi connectivity index (χ1) is 9.36. The topological polar surface area (TPSA) is 37.8 Å². The van der Waals surface area contributed by atoms with Crippen LogP contribution >= 0.6 is 11.3 Å². The summed E-state index contributed by atoms with van der Waals surface area (Å²) in [6.07, 6.45) is 5.89. The molecule has 1 aromatic heterocycles. The predicted octanol–water partition coefficient (Wildman–Crippen LogP) is 2.85. The van der Waals surface area contributed by atoms with E-state index in [4.69, 9.17) is 0 Å². The minimum Gasteiger partial charge on any atom is -0.320 e. The highest BCUT2D eigenvalue weighted by Gasteiger charge is 2.13. The largest absolute Gasteiger partial charge is 0.320 e. The number of benzene rings is 1. The van der Waals surface area contributed by atoms with Crippen molar-refractivity contribution < 1.29 is 0 Å². The fourth-order valence-electron chi connectivity index (χ4n) is 2.59. The number of nitrogens with zero attached hydrogens (tertiary/aromatic N) is 2. The molecule has 1 N–H and O–H groups in total. The molecule has 2 aromatic rings. The van der Waals surface area contributed by atoms with Gasteiger partial charge in [-0.15, -0.1) is 10.2 Å². The molecule has 19 heavy (non-hydrogen) atoms. The lowest BCUT2D eigenvalue weighted by atomic mass is 10.1. The summed E-state index contributed by atoms with van der Waals surface area (Å²) >= 11 is 1.73. The Kier molecular flexibility index (Phi) is 3.89. The first kappa shape index (κ1) is 12.8. The minimum atomic E-state index is 1.02. The number of fused-ring (bicyclic) bond motifs is 1. The molecule has 0 saturated heterocycles. The molecule has 0 radical (unpaired) electrons. The number of nitrogens with one attached hydrogen (secondary N) is 1. The molecular weight excluding hydrogens is 254 g/mol. The van der Waals surface area contributed by atoms with Crippen molar-refractivity contribution in [2.75, 3.05) is 13.6 Å². The van der Waals surface area contributed by atoms with Gasteiger partial charge in [0.25, 0.3) is 0 Å². The van der Waals surface area contributed by atoms with Crippen LogP contribution < -0.4 is 5.32 Å². The lowest BCUT2D eigenvalue weighted by Crippen LogP contribution is -2.08. The summed E-state index contributed by atoms with van der Waals surface area (Å²) in [5.41, 5.74) is 4.25. The highest BCUT2D eigenvalue weighted by atomic mass is 32.1. The molecule has 0 saturated carbocycles. The van der Waals surface area contributed by atoms with Crippen LogP contribution in [-0.2, 0) is 19.3 Å². The van der Waals surface area contributed by atoms with Gasteiger partial charge in [0.15, 0.2) is 0 Å². The molecule has 0 fully saturated rings. The SMILES string of the molecule is CNCCCc1nnc(-c2ccc3c(c2)CCC3)s1. The van der Waals surface area contributed by atoms with Crippen LogP contribution in [0.3, 0.4) is 0 Å². The summed E-state index contributed by atoms with van der Waals surface area (Å²) in [7, 11) is 1.98. The third-order valence-electron chi connectivity index (χ3n) is 3.63. The van der Waals surface area contributed by atoms with Gasteiger partial charge < -0.3 is 5.32 Å². The number of aryl methyl sites for hydroxylation is 3. The van der Waals surface area contributed by atoms with Gasteiger partial charge in [-0.05, 0) is 56.5 Å². The molecule has 0 spiro atoms. The second kappa shape index (κ2) is 5.80. The van der Waals surface area contributed by atoms with Crippen LogP contribution in [-0.4, -0.2) is 23.8 Å². The van der Waals surface area contributed by atoms with Gasteiger partial charge >= 0.3 is 0 Å². The van der Waals surface area contributed by atoms with Gasteiger partial charge in [0, 0.05) is 12.0 Å². The Morgan fingerprint density at radius 2 is 2.11 bits per heavy atom. The number of hydrogen-bond acceptors (Lipinski definition) is 4. The van der Waals surface area contributed by atoms with Crippen molar-refractivity contribution in [2.45, 2.75) is 32.1 Å². The predicted molar refractivity (Wildman–Crippen MR) is 79.6 cm³/mol. The maximum atomic E-state index is 4.34. The molecule has 1 aliphatic carbocycles. The molecule has 0 aliphatic heterocycles. The maximum absolute atomic E-state index is 4.34. The highest BCUT2D eigenvalue weighted by molar-refractivity contribution is 7.14. The van der Waals surface area contributed by atoms with Gasteiger partial charge in [-0.1, -0.05) is 23.5 Å². The van der Waals surface area contributed by atoms with Gasteiger partial charge in [0.05, 0.1) is 0 Å². The summed E-state index contributed by atoms with van der Waals surface area (Å²) in [4.78, 5) is 0. The standard InChI is InChI=1S/C15H19N3S/c1-16-9-3-6-14-17-18-15(19-14)13-8-7-11-4-2-5-12(11)10-13/h7-8,10,16H,2-6,9H2,1H3. The van der Waals surface area contributed by atoms with Crippen molar-refractivity contribution in [1.29, 1.82) is 0 Å². The van der Waals surface area contributed by atoms with Gasteiger partial charge in [-0.2, -0.15) is 0 Å². The third-order valence-corrected chi connectivity index (χ3v) is 4.66. The van der Waals surface area contributed by atoms with E-state index < -0.39 is 0 Å². The molecule has 0 bridgehead atoms. The normalized spacial score (nSPS) is 13.7. The van der Waals surface area contributed by atoms with Crippen molar-refractivity contribution in [3.05, 3.63) is 34.3 Å². The smallest absolute Gasteiger partial charge is 0.147 e. The average Bonchev–Trinajstić information content (AvgIpc) is 3.06. The van der Waals surface area contributed by atoms with E-state index in [1.807, 2.05) is 7.05 Å². The average molecular weight is 273 g/mol. The zero-order chi connectivity index (χ0) is 13.1. The van der Waals surface area contributed by atoms with E-state index in [2.05, 4.69) is 33.7 Å². The minimum absolute atomic E-state index is 1.02. The molecule has 0 unspecified atom stereocenters. The highest BCUT2D eigenvalue weighted by Crippen LogP contribution is 2.29. The van der Waals surface area contributed by atoms with Crippen LogP contribution in [0, 0.1) is 0 Å². The molecule has 3 nitrogen and oxygen atoms in total. The van der Waals surface area contributed by atoms with Crippen molar-refractivity contribution in [3.8, 4) is 10.6 Å². The number of rotatable bonds is 5. The van der Waals surface area contributed by atoms with Gasteiger partial charge in [-0.25, -0.2) is 0 Å². The Balaban J connectivity index is 1.75. The van der Waals surface area contributed by atoms with Crippen LogP contribution in [0.2, 0.25) is 0 Å². The molecule has 3 rings (SSSR count). The van der Waals surface area contributed by atoms with Crippen molar-refractivity contribution in [3.63, 3.8) is 0 Å². The first-order valence-corrected chi connectivity index (χ1v) is 7.77. The Morgan fingerprint density at radius 1 is 1.21 bits per heavy atom. The van der Waals surface area contributed by atoms with Crippen molar-refractivity contribution in [1.82, 2.24) is 15.5 Å². The van der Waals surface area contributed by atoms with Crippen LogP contribution in [0.1, 0.15) is 29.0 Å². The molecule has 1 heterocycles. The second-order valence-electron chi connectivity index (χ2n) is 5.05. The molecule has 100 valence electrons. The first-order valence-electron chi connectivity index (χ1n) is 6.96. The Labute approximate surface area is 118 Å². The Morgan fingerprint density at radius 3 is 3.00 bits per heavy atom. The van der Waals surface area contributed by atoms with E-state index in [1.54, 1.807) is 11.3 Å². The van der Waals surface area contributed by atoms with E-state index >= 15 is 0 Å². The van der Waals surface area contributed by atoms with Gasteiger partial charge in [0.1, 0.15) is 10.0 Å². The van der Waals surface area contributed by atoms with E-state index in [1.165, 1.54) is 36.0 Å². The summed E-state index contributed by atoms with van der Waals surface area (Å²) < 4.78 is 0. The zero-order valence-corrected chi connectivity index (χ0v) is 12.1. The fourth-order valence-corrected chi connectivity index (χ4v) is 3.47. The molecule has 1 aromatic carbocycles. The Bertz CT molecular complexity index is 562. The van der Waals surface area contributed by atoms with E-state index in [0.717, 1.165) is 29.4 Å². The van der Waals surface area contributed by atoms with Crippen LogP contribution in [0.15, 0.2) is 18.2 Å². The van der Waals surface area contributed by atoms with E-state index in [0.29, 0.717) is 0 Å². The maximum Gasteiger partial charge on any atom is 0.147 e. The van der Waals surface area contributed by atoms with Gasteiger partial charge in [-0.3, -0.25) is 0 Å². The summed E-state index contributed by atoms with van der Waals surface area (Å²) in [6.45, 7) is 1.04. The van der Waals surface area contributed by atoms with Crippen LogP contribution in [0.25, 0.3) is 10.6 Å². The molecule has 1 aliphatic rings. The fraction of sp³-hybridized carbons (Fsp3) is 0.467. The summed E-state index contributed by atoms with van der Waals surface area (Å²) in [6, 6.07) is 6.77. The molecule has 0 amide bonds. The Hall–Kier alpha value is -1.26. The second-order valence-corrected chi connectivity index (χ2v) is 6.11. The number of aromatic nitrogens is 2. The van der Waals surface area contributed by atoms with Crippen LogP contribution in [0.4, 0.5) is 0 Å². The monoisotopic (exact) mass is 273 g/mol.